The second kappa shape index (κ2) is 7.38. The van der Waals surface area contributed by atoms with Gasteiger partial charge in [-0.2, -0.15) is 0 Å². The number of nitrogens with one attached hydrogen (secondary N) is 1. The fourth-order valence-electron chi connectivity index (χ4n) is 2.89. The number of carbonyl (C=O) groups is 1. The molecule has 1 aromatic carbocycles. The Morgan fingerprint density at radius 2 is 2.09 bits per heavy atom. The highest BCUT2D eigenvalue weighted by Gasteiger charge is 2.33. The highest BCUT2D eigenvalue weighted by molar-refractivity contribution is 7.98. The van der Waals surface area contributed by atoms with E-state index in [-0.39, 0.29) is 24.0 Å². The smallest absolute Gasteiger partial charge is 0.240 e. The summed E-state index contributed by atoms with van der Waals surface area (Å²) in [4.78, 5) is 15.4. The van der Waals surface area contributed by atoms with Crippen molar-refractivity contribution in [1.29, 1.82) is 0 Å². The van der Waals surface area contributed by atoms with Crippen molar-refractivity contribution >= 4 is 17.7 Å². The lowest BCUT2D eigenvalue weighted by atomic mass is 10.1. The number of ether oxygens (including phenoxy) is 1. The van der Waals surface area contributed by atoms with Crippen molar-refractivity contribution < 1.29 is 9.53 Å². The van der Waals surface area contributed by atoms with Gasteiger partial charge in [-0.1, -0.05) is 6.07 Å². The van der Waals surface area contributed by atoms with Crippen molar-refractivity contribution in [2.24, 2.45) is 0 Å². The predicted molar refractivity (Wildman–Crippen MR) is 91.6 cm³/mol. The number of methoxy groups -OCH3 is 1. The Balaban J connectivity index is 2.07. The average Bonchev–Trinajstić information content (AvgIpc) is 2.87. The zero-order valence-electron chi connectivity index (χ0n) is 14.1. The van der Waals surface area contributed by atoms with Gasteiger partial charge in [-0.15, -0.1) is 11.8 Å². The molecule has 0 saturated carbocycles. The van der Waals surface area contributed by atoms with Gasteiger partial charge in [-0.05, 0) is 51.1 Å². The summed E-state index contributed by atoms with van der Waals surface area (Å²) in [5.74, 6) is 1.11. The number of likely N-dealkylation sites (tertiary alicyclic amines) is 1. The standard InChI is InChI=1S/C17H26N2O2S/c1-11(2)19-9-8-14(17(19)20)18-12(3)13-6-7-16(22-5)15(10-13)21-4/h6-7,10-12,14,18H,8-9H2,1-5H3/t12-,14+/m0/s1. The molecule has 0 bridgehead atoms. The Bertz CT molecular complexity index is 533. The summed E-state index contributed by atoms with van der Waals surface area (Å²) in [5.41, 5.74) is 1.14. The third-order valence-electron chi connectivity index (χ3n) is 4.22. The molecule has 0 aliphatic carbocycles. The Labute approximate surface area is 137 Å². The first-order valence-electron chi connectivity index (χ1n) is 7.76. The molecule has 2 atom stereocenters. The maximum atomic E-state index is 12.4. The van der Waals surface area contributed by atoms with Gasteiger partial charge in [0.2, 0.25) is 5.91 Å². The molecule has 4 nitrogen and oxygen atoms in total. The van der Waals surface area contributed by atoms with Crippen LogP contribution in [0.1, 0.15) is 38.8 Å². The van der Waals surface area contributed by atoms with E-state index < -0.39 is 0 Å². The van der Waals surface area contributed by atoms with Gasteiger partial charge in [0.15, 0.2) is 0 Å². The van der Waals surface area contributed by atoms with Crippen LogP contribution in [0.4, 0.5) is 0 Å². The molecule has 122 valence electrons. The van der Waals surface area contributed by atoms with Crippen LogP contribution >= 0.6 is 11.8 Å². The molecule has 2 rings (SSSR count). The van der Waals surface area contributed by atoms with Crippen LogP contribution in [0, 0.1) is 0 Å². The molecule has 1 aliphatic rings. The number of rotatable bonds is 6. The fourth-order valence-corrected chi connectivity index (χ4v) is 3.44. The summed E-state index contributed by atoms with van der Waals surface area (Å²) in [6, 6.07) is 6.55. The van der Waals surface area contributed by atoms with Crippen LogP contribution < -0.4 is 10.1 Å². The van der Waals surface area contributed by atoms with Crippen LogP contribution in [-0.2, 0) is 4.79 Å². The number of amides is 1. The van der Waals surface area contributed by atoms with Gasteiger partial charge in [0.1, 0.15) is 5.75 Å². The summed E-state index contributed by atoms with van der Waals surface area (Å²) in [6.07, 6.45) is 2.91. The Morgan fingerprint density at radius 1 is 1.36 bits per heavy atom. The van der Waals surface area contributed by atoms with Crippen LogP contribution in [-0.4, -0.2) is 42.8 Å². The SMILES string of the molecule is COc1cc([C@H](C)N[C@@H]2CCN(C(C)C)C2=O)ccc1SC. The molecule has 0 unspecified atom stereocenters. The molecule has 1 fully saturated rings. The molecular weight excluding hydrogens is 296 g/mol. The summed E-state index contributed by atoms with van der Waals surface area (Å²) in [6.45, 7) is 7.07. The van der Waals surface area contributed by atoms with Crippen molar-refractivity contribution in [2.45, 2.75) is 50.2 Å². The van der Waals surface area contributed by atoms with Gasteiger partial charge in [0.05, 0.1) is 13.2 Å². The molecule has 1 heterocycles. The van der Waals surface area contributed by atoms with Gasteiger partial charge >= 0.3 is 0 Å². The van der Waals surface area contributed by atoms with Crippen LogP contribution in [0.25, 0.3) is 0 Å². The van der Waals surface area contributed by atoms with Gasteiger partial charge < -0.3 is 9.64 Å². The molecule has 0 radical (unpaired) electrons. The van der Waals surface area contributed by atoms with E-state index in [9.17, 15) is 4.79 Å². The third kappa shape index (κ3) is 3.58. The second-order valence-electron chi connectivity index (χ2n) is 5.97. The first kappa shape index (κ1) is 17.2. The highest BCUT2D eigenvalue weighted by atomic mass is 32.2. The average molecular weight is 322 g/mol. The van der Waals surface area contributed by atoms with E-state index in [1.807, 2.05) is 11.2 Å². The zero-order chi connectivity index (χ0) is 16.3. The third-order valence-corrected chi connectivity index (χ3v) is 5.00. The number of hydrogen-bond donors (Lipinski definition) is 1. The van der Waals surface area contributed by atoms with E-state index in [4.69, 9.17) is 4.74 Å². The van der Waals surface area contributed by atoms with Crippen molar-refractivity contribution in [3.63, 3.8) is 0 Å². The largest absolute Gasteiger partial charge is 0.496 e. The van der Waals surface area contributed by atoms with Gasteiger partial charge in [0.25, 0.3) is 0 Å². The van der Waals surface area contributed by atoms with Crippen LogP contribution in [0.2, 0.25) is 0 Å². The van der Waals surface area contributed by atoms with Gasteiger partial charge in [-0.25, -0.2) is 0 Å². The number of carbonyl (C=O) groups excluding carboxylic acids is 1. The van der Waals surface area contributed by atoms with Gasteiger partial charge in [-0.3, -0.25) is 10.1 Å². The number of nitrogens with zero attached hydrogens (tertiary/aromatic N) is 1. The summed E-state index contributed by atoms with van der Waals surface area (Å²) >= 11 is 1.67. The van der Waals surface area contributed by atoms with Crippen LogP contribution in [0.15, 0.2) is 23.1 Å². The number of hydrogen-bond acceptors (Lipinski definition) is 4. The first-order valence-corrected chi connectivity index (χ1v) is 8.98. The minimum atomic E-state index is -0.0800. The Hall–Kier alpha value is -1.20. The van der Waals surface area contributed by atoms with E-state index in [2.05, 4.69) is 44.3 Å². The fraction of sp³-hybridized carbons (Fsp3) is 0.588. The summed E-state index contributed by atoms with van der Waals surface area (Å²) in [7, 11) is 1.69. The lowest BCUT2D eigenvalue weighted by molar-refractivity contribution is -0.130. The summed E-state index contributed by atoms with van der Waals surface area (Å²) in [5, 5.41) is 3.46. The number of thioether (sulfide) groups is 1. The number of benzene rings is 1. The minimum Gasteiger partial charge on any atom is -0.496 e. The monoisotopic (exact) mass is 322 g/mol. The molecule has 0 spiro atoms. The molecule has 1 saturated heterocycles. The maximum Gasteiger partial charge on any atom is 0.240 e. The lowest BCUT2D eigenvalue weighted by Crippen LogP contribution is -2.41. The molecule has 1 aliphatic heterocycles. The van der Waals surface area contributed by atoms with Crippen molar-refractivity contribution in [3.8, 4) is 5.75 Å². The van der Waals surface area contributed by atoms with Crippen molar-refractivity contribution in [1.82, 2.24) is 10.2 Å². The molecule has 5 heteroatoms. The Kier molecular flexibility index (Phi) is 5.75. The molecule has 1 amide bonds. The summed E-state index contributed by atoms with van der Waals surface area (Å²) < 4.78 is 5.44. The molecular formula is C17H26N2O2S. The normalized spacial score (nSPS) is 19.8. The Morgan fingerprint density at radius 3 is 2.64 bits per heavy atom. The van der Waals surface area contributed by atoms with E-state index in [0.29, 0.717) is 0 Å². The van der Waals surface area contributed by atoms with Crippen molar-refractivity contribution in [2.75, 3.05) is 19.9 Å². The molecule has 0 aromatic heterocycles. The predicted octanol–water partition coefficient (Wildman–Crippen LogP) is 3.08. The lowest BCUT2D eigenvalue weighted by Gasteiger charge is -2.23. The first-order chi connectivity index (χ1) is 10.5. The van der Waals surface area contributed by atoms with Crippen LogP contribution in [0.5, 0.6) is 5.75 Å². The van der Waals surface area contributed by atoms with Gasteiger partial charge in [0, 0.05) is 23.5 Å². The van der Waals surface area contributed by atoms with E-state index in [0.717, 1.165) is 29.2 Å². The van der Waals surface area contributed by atoms with Crippen LogP contribution in [0.3, 0.4) is 0 Å². The van der Waals surface area contributed by atoms with E-state index >= 15 is 0 Å². The molecule has 1 N–H and O–H groups in total. The highest BCUT2D eigenvalue weighted by Crippen LogP contribution is 2.30. The zero-order valence-corrected chi connectivity index (χ0v) is 14.9. The molecule has 1 aromatic rings. The van der Waals surface area contributed by atoms with Crippen molar-refractivity contribution in [3.05, 3.63) is 23.8 Å². The topological polar surface area (TPSA) is 41.6 Å². The maximum absolute atomic E-state index is 12.4. The second-order valence-corrected chi connectivity index (χ2v) is 6.82. The minimum absolute atomic E-state index is 0.0800. The van der Waals surface area contributed by atoms with E-state index in [1.54, 1.807) is 18.9 Å². The molecule has 22 heavy (non-hydrogen) atoms. The quantitative estimate of drug-likeness (QED) is 0.817. The van der Waals surface area contributed by atoms with E-state index in [1.165, 1.54) is 0 Å².